The number of nitrogens with zero attached hydrogens (tertiary/aromatic N) is 1. The third kappa shape index (κ3) is 4.56. The number of carbonyl (C=O) groups is 2. The number of esters is 1. The predicted octanol–water partition coefficient (Wildman–Crippen LogP) is 2.73. The lowest BCUT2D eigenvalue weighted by molar-refractivity contribution is -0.122. The molecule has 0 aromatic heterocycles. The lowest BCUT2D eigenvalue weighted by Crippen LogP contribution is -2.36. The van der Waals surface area contributed by atoms with Gasteiger partial charge in [-0.25, -0.2) is 13.2 Å². The van der Waals surface area contributed by atoms with Crippen LogP contribution in [0.2, 0.25) is 0 Å². The second-order valence-electron chi connectivity index (χ2n) is 6.89. The molecule has 1 aliphatic rings. The maximum absolute atomic E-state index is 12.9. The van der Waals surface area contributed by atoms with E-state index in [0.717, 1.165) is 6.26 Å². The zero-order valence-electron chi connectivity index (χ0n) is 17.0. The molecule has 0 saturated heterocycles. The smallest absolute Gasteiger partial charge is 0.338 e. The van der Waals surface area contributed by atoms with Crippen LogP contribution in [0.15, 0.2) is 42.5 Å². The van der Waals surface area contributed by atoms with Crippen LogP contribution in [0.25, 0.3) is 0 Å². The van der Waals surface area contributed by atoms with E-state index in [-0.39, 0.29) is 19.6 Å². The van der Waals surface area contributed by atoms with Gasteiger partial charge in [-0.3, -0.25) is 9.10 Å². The summed E-state index contributed by atoms with van der Waals surface area (Å²) < 4.78 is 36.5. The van der Waals surface area contributed by atoms with Crippen molar-refractivity contribution in [3.05, 3.63) is 53.6 Å². The molecule has 0 aliphatic carbocycles. The number of hydrogen-bond acceptors (Lipinski definition) is 6. The van der Waals surface area contributed by atoms with E-state index in [1.165, 1.54) is 4.31 Å². The minimum absolute atomic E-state index is 0.107. The van der Waals surface area contributed by atoms with Gasteiger partial charge in [0.25, 0.3) is 5.91 Å². The van der Waals surface area contributed by atoms with Crippen LogP contribution in [0.5, 0.6) is 5.75 Å². The highest BCUT2D eigenvalue weighted by molar-refractivity contribution is 7.92. The van der Waals surface area contributed by atoms with Crippen molar-refractivity contribution in [2.24, 2.45) is 0 Å². The van der Waals surface area contributed by atoms with Crippen LogP contribution >= 0.6 is 0 Å². The molecule has 2 aromatic rings. The molecule has 0 fully saturated rings. The lowest BCUT2D eigenvalue weighted by Gasteiger charge is -2.20. The molecule has 160 valence electrons. The van der Waals surface area contributed by atoms with Gasteiger partial charge in [0.2, 0.25) is 10.0 Å². The highest BCUT2D eigenvalue weighted by atomic mass is 32.2. The molecule has 8 nitrogen and oxygen atoms in total. The molecule has 30 heavy (non-hydrogen) atoms. The van der Waals surface area contributed by atoms with Gasteiger partial charge in [0.1, 0.15) is 5.75 Å². The van der Waals surface area contributed by atoms with Crippen molar-refractivity contribution in [1.29, 1.82) is 0 Å². The Morgan fingerprint density at radius 1 is 1.20 bits per heavy atom. The number of anilines is 2. The number of rotatable bonds is 5. The molecule has 3 rings (SSSR count). The zero-order chi connectivity index (χ0) is 21.9. The quantitative estimate of drug-likeness (QED) is 0.729. The van der Waals surface area contributed by atoms with E-state index in [4.69, 9.17) is 9.47 Å². The molecule has 1 heterocycles. The molecule has 0 saturated carbocycles. The molecule has 1 atom stereocenters. The first-order valence-electron chi connectivity index (χ1n) is 9.53. The lowest BCUT2D eigenvalue weighted by atomic mass is 10.1. The molecule has 1 amide bonds. The highest BCUT2D eigenvalue weighted by Crippen LogP contribution is 2.34. The fourth-order valence-corrected chi connectivity index (χ4v) is 4.22. The summed E-state index contributed by atoms with van der Waals surface area (Å²) in [5, 5.41) is 2.79. The van der Waals surface area contributed by atoms with E-state index >= 15 is 0 Å². The predicted molar refractivity (Wildman–Crippen MR) is 113 cm³/mol. The summed E-state index contributed by atoms with van der Waals surface area (Å²) in [6, 6.07) is 11.7. The van der Waals surface area contributed by atoms with Crippen LogP contribution in [0.1, 0.15) is 29.3 Å². The first kappa shape index (κ1) is 21.6. The van der Waals surface area contributed by atoms with Crippen molar-refractivity contribution in [1.82, 2.24) is 0 Å². The largest absolute Gasteiger partial charge is 0.478 e. The molecule has 9 heteroatoms. The molecule has 2 aromatic carbocycles. The summed E-state index contributed by atoms with van der Waals surface area (Å²) in [4.78, 5) is 25.0. The van der Waals surface area contributed by atoms with Crippen molar-refractivity contribution < 1.29 is 27.5 Å². The van der Waals surface area contributed by atoms with Gasteiger partial charge < -0.3 is 14.8 Å². The second-order valence-corrected chi connectivity index (χ2v) is 8.79. The summed E-state index contributed by atoms with van der Waals surface area (Å²) >= 11 is 0. The highest BCUT2D eigenvalue weighted by Gasteiger charge is 2.31. The van der Waals surface area contributed by atoms with Crippen LogP contribution < -0.4 is 14.4 Å². The summed E-state index contributed by atoms with van der Waals surface area (Å²) in [5.74, 6) is -0.573. The number of sulfonamides is 1. The Hall–Kier alpha value is -3.07. The van der Waals surface area contributed by atoms with Crippen molar-refractivity contribution >= 4 is 33.3 Å². The minimum atomic E-state index is -3.53. The Bertz CT molecular complexity index is 1070. The number of ether oxygens (including phenoxy) is 2. The number of hydrogen-bond donors (Lipinski definition) is 1. The molecule has 0 unspecified atom stereocenters. The maximum atomic E-state index is 12.9. The van der Waals surface area contributed by atoms with Crippen molar-refractivity contribution in [2.75, 3.05) is 29.0 Å². The van der Waals surface area contributed by atoms with E-state index in [1.807, 2.05) is 0 Å². The SMILES string of the molecule is CCOC(=O)c1cccc(NC(=O)[C@H]2CCN(S(C)(=O)=O)c3ccccc3O2)c1C. The van der Waals surface area contributed by atoms with E-state index in [9.17, 15) is 18.0 Å². The molecule has 1 aliphatic heterocycles. The van der Waals surface area contributed by atoms with Gasteiger partial charge in [0.15, 0.2) is 6.10 Å². The van der Waals surface area contributed by atoms with Gasteiger partial charge in [-0.15, -0.1) is 0 Å². The van der Waals surface area contributed by atoms with Crippen molar-refractivity contribution in [3.8, 4) is 5.75 Å². The van der Waals surface area contributed by atoms with Crippen molar-refractivity contribution in [3.63, 3.8) is 0 Å². The summed E-state index contributed by atoms with van der Waals surface area (Å²) in [6.07, 6.45) is 0.391. The maximum Gasteiger partial charge on any atom is 0.338 e. The van der Waals surface area contributed by atoms with Gasteiger partial charge >= 0.3 is 5.97 Å². The van der Waals surface area contributed by atoms with Gasteiger partial charge in [0, 0.05) is 18.7 Å². The van der Waals surface area contributed by atoms with E-state index in [0.29, 0.717) is 28.3 Å². The van der Waals surface area contributed by atoms with Crippen LogP contribution in [-0.2, 0) is 19.6 Å². The number of fused-ring (bicyclic) bond motifs is 1. The Kier molecular flexibility index (Phi) is 6.31. The minimum Gasteiger partial charge on any atom is -0.478 e. The number of nitrogens with one attached hydrogen (secondary N) is 1. The molecule has 0 radical (unpaired) electrons. The second kappa shape index (κ2) is 8.74. The zero-order valence-corrected chi connectivity index (χ0v) is 17.9. The topological polar surface area (TPSA) is 102 Å². The fourth-order valence-electron chi connectivity index (χ4n) is 3.27. The van der Waals surface area contributed by atoms with E-state index in [2.05, 4.69) is 5.32 Å². The molecule has 1 N–H and O–H groups in total. The fraction of sp³-hybridized carbons (Fsp3) is 0.333. The van der Waals surface area contributed by atoms with Crippen molar-refractivity contribution in [2.45, 2.75) is 26.4 Å². The molecule has 0 bridgehead atoms. The third-order valence-corrected chi connectivity index (χ3v) is 5.96. The van der Waals surface area contributed by atoms with Gasteiger partial charge in [0.05, 0.1) is 24.1 Å². The average molecular weight is 432 g/mol. The standard InChI is InChI=1S/C21H24N2O6S/c1-4-28-21(25)15-8-7-9-16(14(15)2)22-20(24)19-12-13-23(30(3,26)27)17-10-5-6-11-18(17)29-19/h5-11,19H,4,12-13H2,1-3H3,(H,22,24)/t19-/m1/s1. The summed E-state index contributed by atoms with van der Waals surface area (Å²) in [6.45, 7) is 3.80. The van der Waals surface area contributed by atoms with Gasteiger partial charge in [-0.1, -0.05) is 18.2 Å². The monoisotopic (exact) mass is 432 g/mol. The first-order valence-corrected chi connectivity index (χ1v) is 11.4. The van der Waals surface area contributed by atoms with Gasteiger partial charge in [-0.05, 0) is 43.7 Å². The first-order chi connectivity index (χ1) is 14.2. The Labute approximate surface area is 175 Å². The van der Waals surface area contributed by atoms with Crippen LogP contribution in [0.3, 0.4) is 0 Å². The third-order valence-electron chi connectivity index (χ3n) is 4.78. The molecular weight excluding hydrogens is 408 g/mol. The Morgan fingerprint density at radius 2 is 1.93 bits per heavy atom. The number of amides is 1. The Morgan fingerprint density at radius 3 is 2.63 bits per heavy atom. The van der Waals surface area contributed by atoms with Crippen LogP contribution in [-0.4, -0.2) is 45.8 Å². The normalized spacial score (nSPS) is 16.1. The van der Waals surface area contributed by atoms with E-state index < -0.39 is 28.0 Å². The van der Waals surface area contributed by atoms with Gasteiger partial charge in [-0.2, -0.15) is 0 Å². The average Bonchev–Trinajstić information content (AvgIpc) is 2.89. The van der Waals surface area contributed by atoms with Crippen LogP contribution in [0, 0.1) is 6.92 Å². The number of carbonyl (C=O) groups excluding carboxylic acids is 2. The van der Waals surface area contributed by atoms with Crippen LogP contribution in [0.4, 0.5) is 11.4 Å². The molecule has 0 spiro atoms. The van der Waals surface area contributed by atoms with E-state index in [1.54, 1.807) is 56.3 Å². The summed E-state index contributed by atoms with van der Waals surface area (Å²) in [5.41, 5.74) is 1.81. The Balaban J connectivity index is 1.84. The summed E-state index contributed by atoms with van der Waals surface area (Å²) in [7, 11) is -3.53. The number of para-hydroxylation sites is 2. The number of benzene rings is 2. The molecular formula is C21H24N2O6S.